The number of carbonyl (C=O) groups excluding carboxylic acids is 1. The highest BCUT2D eigenvalue weighted by Gasteiger charge is 2.13. The first-order valence-corrected chi connectivity index (χ1v) is 4.32. The summed E-state index contributed by atoms with van der Waals surface area (Å²) in [7, 11) is 0. The number of aromatic nitrogens is 1. The van der Waals surface area contributed by atoms with Gasteiger partial charge in [0.1, 0.15) is 23.6 Å². The first-order valence-electron chi connectivity index (χ1n) is 4.32. The van der Waals surface area contributed by atoms with Crippen molar-refractivity contribution in [3.8, 4) is 0 Å². The van der Waals surface area contributed by atoms with Crippen LogP contribution in [0, 0.1) is 11.6 Å². The van der Waals surface area contributed by atoms with Gasteiger partial charge < -0.3 is 9.84 Å². The third kappa shape index (κ3) is 2.05. The predicted molar refractivity (Wildman–Crippen MR) is 50.8 cm³/mol. The lowest BCUT2D eigenvalue weighted by Crippen LogP contribution is -2.13. The van der Waals surface area contributed by atoms with Crippen molar-refractivity contribution in [1.82, 2.24) is 5.16 Å². The summed E-state index contributed by atoms with van der Waals surface area (Å²) in [5.74, 6) is -2.24. The lowest BCUT2D eigenvalue weighted by atomic mass is 10.2. The fraction of sp³-hybridized carbons (Fsp3) is 0. The second-order valence-corrected chi connectivity index (χ2v) is 2.99. The van der Waals surface area contributed by atoms with Crippen molar-refractivity contribution in [3.63, 3.8) is 0 Å². The summed E-state index contributed by atoms with van der Waals surface area (Å²) in [5.41, 5.74) is -0.102. The minimum absolute atomic E-state index is 0.272. The monoisotopic (exact) mass is 224 g/mol. The number of anilines is 1. The molecule has 0 saturated heterocycles. The summed E-state index contributed by atoms with van der Waals surface area (Å²) >= 11 is 0. The number of nitrogens with one attached hydrogen (secondary N) is 1. The van der Waals surface area contributed by atoms with E-state index >= 15 is 0 Å². The van der Waals surface area contributed by atoms with Crippen LogP contribution >= 0.6 is 0 Å². The molecule has 0 radical (unpaired) electrons. The molecule has 4 nitrogen and oxygen atoms in total. The largest absolute Gasteiger partial charge is 0.363 e. The Morgan fingerprint density at radius 1 is 1.38 bits per heavy atom. The van der Waals surface area contributed by atoms with Gasteiger partial charge in [0.25, 0.3) is 5.91 Å². The number of nitrogens with zero attached hydrogens (tertiary/aromatic N) is 1. The average molecular weight is 224 g/mol. The number of carbonyl (C=O) groups is 1. The molecule has 0 bridgehead atoms. The number of hydrogen-bond donors (Lipinski definition) is 1. The summed E-state index contributed by atoms with van der Waals surface area (Å²) in [5, 5.41) is 5.66. The van der Waals surface area contributed by atoms with Gasteiger partial charge >= 0.3 is 0 Å². The Hall–Kier alpha value is -2.24. The Morgan fingerprint density at radius 3 is 2.88 bits per heavy atom. The number of halogens is 2. The van der Waals surface area contributed by atoms with Gasteiger partial charge in [0, 0.05) is 0 Å². The van der Waals surface area contributed by atoms with Crippen LogP contribution in [0.1, 0.15) is 10.4 Å². The highest BCUT2D eigenvalue weighted by Crippen LogP contribution is 2.12. The smallest absolute Gasteiger partial charge is 0.258 e. The Kier molecular flexibility index (Phi) is 2.63. The maximum Gasteiger partial charge on any atom is 0.258 e. The van der Waals surface area contributed by atoms with Gasteiger partial charge in [-0.2, -0.15) is 0 Å². The van der Waals surface area contributed by atoms with Crippen molar-refractivity contribution in [2.75, 3.05) is 5.32 Å². The summed E-state index contributed by atoms with van der Waals surface area (Å²) in [4.78, 5) is 11.5. The molecule has 0 aliphatic heterocycles. The standard InChI is InChI=1S/C10H6F2N2O2/c11-6-1-2-9(12)8(3-6)10(15)14-7-4-13-16-5-7/h1-5H,(H,14,15). The van der Waals surface area contributed by atoms with Crippen LogP contribution in [0.5, 0.6) is 0 Å². The summed E-state index contributed by atoms with van der Waals surface area (Å²) in [6.07, 6.45) is 2.42. The SMILES string of the molecule is O=C(Nc1cnoc1)c1cc(F)ccc1F. The summed E-state index contributed by atoms with van der Waals surface area (Å²) < 4.78 is 30.5. The number of amides is 1. The zero-order chi connectivity index (χ0) is 11.5. The van der Waals surface area contributed by atoms with Crippen LogP contribution in [0.4, 0.5) is 14.5 Å². The number of hydrogen-bond acceptors (Lipinski definition) is 3. The Balaban J connectivity index is 2.24. The molecule has 0 atom stereocenters. The van der Waals surface area contributed by atoms with Crippen molar-refractivity contribution in [1.29, 1.82) is 0 Å². The average Bonchev–Trinajstić information content (AvgIpc) is 2.74. The van der Waals surface area contributed by atoms with Gasteiger partial charge in [0.05, 0.1) is 11.8 Å². The number of rotatable bonds is 2. The van der Waals surface area contributed by atoms with Crippen LogP contribution in [0.15, 0.2) is 35.2 Å². The van der Waals surface area contributed by atoms with Gasteiger partial charge in [-0.25, -0.2) is 8.78 Å². The molecule has 2 rings (SSSR count). The molecule has 0 saturated carbocycles. The Bertz CT molecular complexity index is 512. The Labute approximate surface area is 88.9 Å². The van der Waals surface area contributed by atoms with Gasteiger partial charge in [0.15, 0.2) is 0 Å². The minimum Gasteiger partial charge on any atom is -0.363 e. The summed E-state index contributed by atoms with van der Waals surface area (Å²) in [6.45, 7) is 0. The molecule has 82 valence electrons. The second-order valence-electron chi connectivity index (χ2n) is 2.99. The van der Waals surface area contributed by atoms with Crippen molar-refractivity contribution in [3.05, 3.63) is 47.9 Å². The molecule has 16 heavy (non-hydrogen) atoms. The topological polar surface area (TPSA) is 55.1 Å². The molecule has 0 unspecified atom stereocenters. The fourth-order valence-corrected chi connectivity index (χ4v) is 1.14. The zero-order valence-electron chi connectivity index (χ0n) is 7.91. The molecular formula is C10H6F2N2O2. The minimum atomic E-state index is -0.796. The third-order valence-electron chi connectivity index (χ3n) is 1.86. The highest BCUT2D eigenvalue weighted by atomic mass is 19.1. The van der Waals surface area contributed by atoms with E-state index in [0.29, 0.717) is 0 Å². The van der Waals surface area contributed by atoms with E-state index in [0.717, 1.165) is 18.2 Å². The van der Waals surface area contributed by atoms with Gasteiger partial charge in [-0.1, -0.05) is 5.16 Å². The van der Waals surface area contributed by atoms with Crippen LogP contribution in [-0.4, -0.2) is 11.1 Å². The maximum absolute atomic E-state index is 13.2. The first-order chi connectivity index (χ1) is 7.66. The first kappa shape index (κ1) is 10.3. The van der Waals surface area contributed by atoms with E-state index in [4.69, 9.17) is 0 Å². The predicted octanol–water partition coefficient (Wildman–Crippen LogP) is 2.21. The maximum atomic E-state index is 13.2. The molecule has 2 aromatic rings. The van der Waals surface area contributed by atoms with E-state index in [-0.39, 0.29) is 11.3 Å². The van der Waals surface area contributed by atoms with Gasteiger partial charge in [0.2, 0.25) is 0 Å². The quantitative estimate of drug-likeness (QED) is 0.850. The lowest BCUT2D eigenvalue weighted by Gasteiger charge is -2.02. The van der Waals surface area contributed by atoms with Crippen LogP contribution in [0.3, 0.4) is 0 Å². The van der Waals surface area contributed by atoms with E-state index in [1.165, 1.54) is 12.5 Å². The van der Waals surface area contributed by atoms with Crippen LogP contribution in [-0.2, 0) is 0 Å². The van der Waals surface area contributed by atoms with E-state index in [9.17, 15) is 13.6 Å². The molecule has 6 heteroatoms. The molecule has 1 N–H and O–H groups in total. The van der Waals surface area contributed by atoms with Gasteiger partial charge in [-0.15, -0.1) is 0 Å². The molecule has 0 aliphatic rings. The Morgan fingerprint density at radius 2 is 2.19 bits per heavy atom. The normalized spacial score (nSPS) is 10.1. The van der Waals surface area contributed by atoms with Crippen molar-refractivity contribution in [2.24, 2.45) is 0 Å². The molecule has 1 heterocycles. The van der Waals surface area contributed by atoms with Crippen LogP contribution in [0.25, 0.3) is 0 Å². The molecule has 0 spiro atoms. The molecule has 1 aromatic heterocycles. The fourth-order valence-electron chi connectivity index (χ4n) is 1.14. The molecule has 1 amide bonds. The molecule has 0 aliphatic carbocycles. The van der Waals surface area contributed by atoms with Gasteiger partial charge in [-0.05, 0) is 18.2 Å². The zero-order valence-corrected chi connectivity index (χ0v) is 7.91. The molecule has 0 fully saturated rings. The summed E-state index contributed by atoms with van der Waals surface area (Å²) in [6, 6.07) is 2.64. The van der Waals surface area contributed by atoms with Crippen molar-refractivity contribution in [2.45, 2.75) is 0 Å². The molecular weight excluding hydrogens is 218 g/mol. The van der Waals surface area contributed by atoms with Crippen molar-refractivity contribution >= 4 is 11.6 Å². The highest BCUT2D eigenvalue weighted by molar-refractivity contribution is 6.04. The van der Waals surface area contributed by atoms with E-state index in [2.05, 4.69) is 15.0 Å². The van der Waals surface area contributed by atoms with Crippen molar-refractivity contribution < 1.29 is 18.1 Å². The third-order valence-corrected chi connectivity index (χ3v) is 1.86. The number of benzene rings is 1. The van der Waals surface area contributed by atoms with Crippen LogP contribution in [0.2, 0.25) is 0 Å². The molecule has 1 aromatic carbocycles. The van der Waals surface area contributed by atoms with E-state index in [1.807, 2.05) is 0 Å². The van der Waals surface area contributed by atoms with E-state index in [1.54, 1.807) is 0 Å². The van der Waals surface area contributed by atoms with Gasteiger partial charge in [-0.3, -0.25) is 4.79 Å². The van der Waals surface area contributed by atoms with Crippen LogP contribution < -0.4 is 5.32 Å². The second kappa shape index (κ2) is 4.09. The van der Waals surface area contributed by atoms with E-state index < -0.39 is 17.5 Å². The lowest BCUT2D eigenvalue weighted by molar-refractivity contribution is 0.102.